The number of hydrogen-bond donors (Lipinski definition) is 2. The molecule has 3 rings (SSSR count). The van der Waals surface area contributed by atoms with E-state index in [0.717, 1.165) is 0 Å². The van der Waals surface area contributed by atoms with Crippen molar-refractivity contribution < 1.29 is 18.7 Å². The third-order valence-corrected chi connectivity index (χ3v) is 4.85. The number of rotatable bonds is 4. The molecule has 1 aliphatic rings. The van der Waals surface area contributed by atoms with Crippen LogP contribution in [-0.2, 0) is 9.53 Å². The number of piperidine rings is 1. The Morgan fingerprint density at radius 2 is 1.83 bits per heavy atom. The first-order valence-electron chi connectivity index (χ1n) is 9.20. The summed E-state index contributed by atoms with van der Waals surface area (Å²) < 4.78 is 17.9. The Hall–Kier alpha value is -3.60. The van der Waals surface area contributed by atoms with Crippen molar-refractivity contribution in [2.24, 2.45) is 5.92 Å². The Morgan fingerprint density at radius 3 is 2.48 bits per heavy atom. The van der Waals surface area contributed by atoms with Gasteiger partial charge in [-0.25, -0.2) is 9.18 Å². The molecule has 2 N–H and O–H groups in total. The summed E-state index contributed by atoms with van der Waals surface area (Å²) in [5, 5.41) is 14.7. The molecular weight excluding hydrogens is 375 g/mol. The maximum atomic E-state index is 13.3. The summed E-state index contributed by atoms with van der Waals surface area (Å²) in [7, 11) is 1.28. The monoisotopic (exact) mass is 396 g/mol. The topological polar surface area (TPSA) is 94.5 Å². The summed E-state index contributed by atoms with van der Waals surface area (Å²) in [5.41, 5.74) is 2.08. The predicted molar refractivity (Wildman–Crippen MR) is 107 cm³/mol. The van der Waals surface area contributed by atoms with E-state index in [1.165, 1.54) is 19.2 Å². The molecule has 8 heteroatoms. The molecule has 1 aliphatic heterocycles. The van der Waals surface area contributed by atoms with E-state index in [1.54, 1.807) is 30.3 Å². The summed E-state index contributed by atoms with van der Waals surface area (Å²) in [5.74, 6) is -0.711. The largest absolute Gasteiger partial charge is 0.453 e. The van der Waals surface area contributed by atoms with Crippen LogP contribution in [0.15, 0.2) is 42.5 Å². The normalized spacial score (nSPS) is 14.0. The molecule has 0 aliphatic carbocycles. The number of nitrogens with zero attached hydrogens (tertiary/aromatic N) is 2. The molecule has 0 aromatic heterocycles. The maximum absolute atomic E-state index is 13.3. The third kappa shape index (κ3) is 5.02. The molecular formula is C21H21FN4O3. The lowest BCUT2D eigenvalue weighted by Crippen LogP contribution is -2.38. The van der Waals surface area contributed by atoms with Gasteiger partial charge in [-0.1, -0.05) is 6.07 Å². The van der Waals surface area contributed by atoms with Gasteiger partial charge < -0.3 is 15.0 Å². The van der Waals surface area contributed by atoms with Gasteiger partial charge >= 0.3 is 6.09 Å². The number of hydrogen-bond acceptors (Lipinski definition) is 5. The van der Waals surface area contributed by atoms with Crippen molar-refractivity contribution in [1.29, 1.82) is 5.26 Å². The number of ether oxygens (including phenoxy) is 1. The fourth-order valence-electron chi connectivity index (χ4n) is 3.34. The van der Waals surface area contributed by atoms with Crippen molar-refractivity contribution in [2.75, 3.05) is 35.7 Å². The smallest absolute Gasteiger partial charge is 0.411 e. The van der Waals surface area contributed by atoms with E-state index in [9.17, 15) is 19.2 Å². The Bertz CT molecular complexity index is 949. The van der Waals surface area contributed by atoms with Crippen LogP contribution in [0.5, 0.6) is 0 Å². The van der Waals surface area contributed by atoms with Gasteiger partial charge in [-0.05, 0) is 49.2 Å². The van der Waals surface area contributed by atoms with E-state index in [0.29, 0.717) is 48.6 Å². The molecule has 0 radical (unpaired) electrons. The Labute approximate surface area is 168 Å². The second-order valence-corrected chi connectivity index (χ2v) is 6.72. The fourth-order valence-corrected chi connectivity index (χ4v) is 3.34. The average molecular weight is 396 g/mol. The zero-order chi connectivity index (χ0) is 20.8. The van der Waals surface area contributed by atoms with Gasteiger partial charge in [0.2, 0.25) is 5.91 Å². The van der Waals surface area contributed by atoms with E-state index in [1.807, 2.05) is 11.0 Å². The number of nitrogens with one attached hydrogen (secondary N) is 2. The van der Waals surface area contributed by atoms with Gasteiger partial charge in [0.1, 0.15) is 11.9 Å². The molecule has 1 fully saturated rings. The van der Waals surface area contributed by atoms with Gasteiger partial charge in [0.05, 0.1) is 18.4 Å². The molecule has 7 nitrogen and oxygen atoms in total. The molecule has 0 bridgehead atoms. The number of amides is 2. The van der Waals surface area contributed by atoms with Crippen LogP contribution in [0.1, 0.15) is 18.4 Å². The lowest BCUT2D eigenvalue weighted by molar-refractivity contribution is -0.120. The Morgan fingerprint density at radius 1 is 1.14 bits per heavy atom. The third-order valence-electron chi connectivity index (χ3n) is 4.85. The summed E-state index contributed by atoms with van der Waals surface area (Å²) >= 11 is 0. The van der Waals surface area contributed by atoms with E-state index in [-0.39, 0.29) is 11.8 Å². The number of anilines is 3. The fraction of sp³-hybridized carbons (Fsp3) is 0.286. The summed E-state index contributed by atoms with van der Waals surface area (Å²) in [6.45, 7) is 1.20. The van der Waals surface area contributed by atoms with Crippen molar-refractivity contribution in [3.05, 3.63) is 53.8 Å². The van der Waals surface area contributed by atoms with Gasteiger partial charge in [-0.2, -0.15) is 5.26 Å². The maximum Gasteiger partial charge on any atom is 0.411 e. The van der Waals surface area contributed by atoms with Gasteiger partial charge in [0, 0.05) is 30.4 Å². The average Bonchev–Trinajstić information content (AvgIpc) is 2.74. The zero-order valence-corrected chi connectivity index (χ0v) is 15.9. The van der Waals surface area contributed by atoms with Crippen LogP contribution in [-0.4, -0.2) is 32.2 Å². The Balaban J connectivity index is 1.59. The van der Waals surface area contributed by atoms with Crippen LogP contribution in [0.25, 0.3) is 0 Å². The molecule has 0 unspecified atom stereocenters. The Kier molecular flexibility index (Phi) is 6.29. The molecule has 29 heavy (non-hydrogen) atoms. The van der Waals surface area contributed by atoms with Crippen LogP contribution >= 0.6 is 0 Å². The number of nitriles is 1. The SMILES string of the molecule is COC(=O)Nc1cccc(NC(=O)C2CCN(c3ccc(F)cc3C#N)CC2)c1. The molecule has 0 spiro atoms. The van der Waals surface area contributed by atoms with Crippen LogP contribution in [0, 0.1) is 23.1 Å². The molecule has 0 saturated carbocycles. The number of methoxy groups -OCH3 is 1. The molecule has 2 aromatic rings. The molecule has 1 saturated heterocycles. The van der Waals surface area contributed by atoms with Crippen molar-refractivity contribution in [3.63, 3.8) is 0 Å². The number of carbonyl (C=O) groups is 2. The van der Waals surface area contributed by atoms with E-state index >= 15 is 0 Å². The summed E-state index contributed by atoms with van der Waals surface area (Å²) in [6, 6.07) is 13.0. The second-order valence-electron chi connectivity index (χ2n) is 6.72. The first-order valence-corrected chi connectivity index (χ1v) is 9.20. The molecule has 150 valence electrons. The van der Waals surface area contributed by atoms with Crippen molar-refractivity contribution in [1.82, 2.24) is 0 Å². The van der Waals surface area contributed by atoms with Crippen molar-refractivity contribution in [3.8, 4) is 6.07 Å². The van der Waals surface area contributed by atoms with E-state index in [2.05, 4.69) is 15.4 Å². The summed E-state index contributed by atoms with van der Waals surface area (Å²) in [4.78, 5) is 25.9. The number of carbonyl (C=O) groups excluding carboxylic acids is 2. The van der Waals surface area contributed by atoms with Crippen molar-refractivity contribution >= 4 is 29.1 Å². The van der Waals surface area contributed by atoms with Gasteiger partial charge in [-0.3, -0.25) is 10.1 Å². The summed E-state index contributed by atoms with van der Waals surface area (Å²) in [6.07, 6.45) is 0.654. The van der Waals surface area contributed by atoms with E-state index in [4.69, 9.17) is 0 Å². The highest BCUT2D eigenvalue weighted by atomic mass is 19.1. The van der Waals surface area contributed by atoms with Gasteiger partial charge in [0.25, 0.3) is 0 Å². The second kappa shape index (κ2) is 9.06. The van der Waals surface area contributed by atoms with E-state index < -0.39 is 11.9 Å². The standard InChI is InChI=1S/C21H21FN4O3/c1-29-21(28)25-18-4-2-3-17(12-18)24-20(27)14-7-9-26(10-8-14)19-6-5-16(22)11-15(19)13-23/h2-6,11-12,14H,7-10H2,1H3,(H,24,27)(H,25,28). The first kappa shape index (κ1) is 20.1. The zero-order valence-electron chi connectivity index (χ0n) is 15.9. The van der Waals surface area contributed by atoms with Gasteiger partial charge in [-0.15, -0.1) is 0 Å². The number of halogens is 1. The highest BCUT2D eigenvalue weighted by Gasteiger charge is 2.26. The van der Waals surface area contributed by atoms with Gasteiger partial charge in [0.15, 0.2) is 0 Å². The lowest BCUT2D eigenvalue weighted by Gasteiger charge is -2.33. The highest BCUT2D eigenvalue weighted by molar-refractivity contribution is 5.94. The van der Waals surface area contributed by atoms with Crippen LogP contribution in [0.3, 0.4) is 0 Å². The lowest BCUT2D eigenvalue weighted by atomic mass is 9.95. The minimum atomic E-state index is -0.585. The molecule has 1 heterocycles. The minimum Gasteiger partial charge on any atom is -0.453 e. The predicted octanol–water partition coefficient (Wildman–Crippen LogP) is 3.73. The van der Waals surface area contributed by atoms with Crippen LogP contribution in [0.2, 0.25) is 0 Å². The first-order chi connectivity index (χ1) is 14.0. The van der Waals surface area contributed by atoms with Crippen molar-refractivity contribution in [2.45, 2.75) is 12.8 Å². The van der Waals surface area contributed by atoms with Crippen LogP contribution < -0.4 is 15.5 Å². The number of benzene rings is 2. The highest BCUT2D eigenvalue weighted by Crippen LogP contribution is 2.27. The van der Waals surface area contributed by atoms with Crippen LogP contribution in [0.4, 0.5) is 26.2 Å². The molecule has 2 aromatic carbocycles. The molecule has 2 amide bonds. The molecule has 0 atom stereocenters. The minimum absolute atomic E-state index is 0.0977. The quantitative estimate of drug-likeness (QED) is 0.821.